The van der Waals surface area contributed by atoms with Crippen LogP contribution in [-0.4, -0.2) is 64.2 Å². The van der Waals surface area contributed by atoms with E-state index in [1.165, 1.54) is 116 Å². The molecule has 0 spiro atoms. The van der Waals surface area contributed by atoms with E-state index in [2.05, 4.69) is 59.7 Å². The van der Waals surface area contributed by atoms with Gasteiger partial charge in [0.05, 0.1) is 25.4 Å². The Morgan fingerprint density at radius 3 is 2.15 bits per heavy atom. The minimum absolute atomic E-state index is 0.355. The first-order valence-corrected chi connectivity index (χ1v) is 20.4. The molecule has 3 saturated carbocycles. The molecule has 0 aromatic rings. The SMILES string of the molecule is CCCCOCC(COCCCCCCCCOC1CCC2(C)C(=CCC3[C@@H]2CCC2(C)[C@@H]([C@H](C)CCCC)CC[C@@H]32)C1)N(C)C. The van der Waals surface area contributed by atoms with Crippen LogP contribution in [0.1, 0.15) is 157 Å². The molecule has 4 nitrogen and oxygen atoms in total. The lowest BCUT2D eigenvalue weighted by Crippen LogP contribution is -2.51. The number of allylic oxidation sites excluding steroid dienone is 1. The van der Waals surface area contributed by atoms with Crippen molar-refractivity contribution in [2.24, 2.45) is 40.4 Å². The molecular formula is C42H77NO3. The number of hydrogen-bond donors (Lipinski definition) is 0. The van der Waals surface area contributed by atoms with E-state index in [9.17, 15) is 0 Å². The number of fused-ring (bicyclic) bond motifs is 5. The predicted molar refractivity (Wildman–Crippen MR) is 195 cm³/mol. The first kappa shape index (κ1) is 38.4. The van der Waals surface area contributed by atoms with Gasteiger partial charge in [0.1, 0.15) is 0 Å². The summed E-state index contributed by atoms with van der Waals surface area (Å²) in [7, 11) is 4.25. The highest BCUT2D eigenvalue weighted by molar-refractivity contribution is 5.25. The maximum absolute atomic E-state index is 6.54. The Kier molecular flexibility index (Phi) is 15.9. The second-order valence-corrected chi connectivity index (χ2v) is 17.1. The van der Waals surface area contributed by atoms with Gasteiger partial charge in [-0.1, -0.05) is 97.6 Å². The van der Waals surface area contributed by atoms with Crippen molar-refractivity contribution < 1.29 is 14.2 Å². The lowest BCUT2D eigenvalue weighted by atomic mass is 9.47. The van der Waals surface area contributed by atoms with Gasteiger partial charge in [-0.2, -0.15) is 0 Å². The molecular weight excluding hydrogens is 566 g/mol. The van der Waals surface area contributed by atoms with E-state index in [0.717, 1.165) is 69.0 Å². The van der Waals surface area contributed by atoms with E-state index < -0.39 is 0 Å². The molecule has 0 radical (unpaired) electrons. The topological polar surface area (TPSA) is 30.9 Å². The molecule has 4 heteroatoms. The van der Waals surface area contributed by atoms with Gasteiger partial charge in [-0.3, -0.25) is 0 Å². The molecule has 0 amide bonds. The van der Waals surface area contributed by atoms with E-state index in [0.29, 0.717) is 23.0 Å². The summed E-state index contributed by atoms with van der Waals surface area (Å²) in [6, 6.07) is 0.355. The van der Waals surface area contributed by atoms with Crippen molar-refractivity contribution in [3.05, 3.63) is 11.6 Å². The fraction of sp³-hybridized carbons (Fsp3) is 0.952. The molecule has 0 heterocycles. The minimum Gasteiger partial charge on any atom is -0.380 e. The molecule has 0 bridgehead atoms. The second kappa shape index (κ2) is 19.1. The number of nitrogens with zero attached hydrogens (tertiary/aromatic N) is 1. The summed E-state index contributed by atoms with van der Waals surface area (Å²) < 4.78 is 18.4. The third-order valence-corrected chi connectivity index (χ3v) is 13.9. The van der Waals surface area contributed by atoms with Crippen LogP contribution in [0, 0.1) is 40.4 Å². The molecule has 46 heavy (non-hydrogen) atoms. The Hall–Kier alpha value is -0.420. The molecule has 4 rings (SSSR count). The predicted octanol–water partition coefficient (Wildman–Crippen LogP) is 10.9. The fourth-order valence-corrected chi connectivity index (χ4v) is 10.8. The maximum atomic E-state index is 6.54. The average Bonchev–Trinajstić information content (AvgIpc) is 3.40. The third-order valence-electron chi connectivity index (χ3n) is 13.9. The molecule has 9 atom stereocenters. The molecule has 3 fully saturated rings. The van der Waals surface area contributed by atoms with Gasteiger partial charge in [0.2, 0.25) is 0 Å². The quantitative estimate of drug-likeness (QED) is 0.0867. The second-order valence-electron chi connectivity index (χ2n) is 17.1. The van der Waals surface area contributed by atoms with Gasteiger partial charge in [0.25, 0.3) is 0 Å². The molecule has 5 unspecified atom stereocenters. The first-order chi connectivity index (χ1) is 22.2. The normalized spacial score (nSPS) is 33.7. The zero-order valence-corrected chi connectivity index (χ0v) is 31.8. The highest BCUT2D eigenvalue weighted by atomic mass is 16.5. The van der Waals surface area contributed by atoms with Gasteiger partial charge in [-0.25, -0.2) is 0 Å². The van der Waals surface area contributed by atoms with Crippen molar-refractivity contribution >= 4 is 0 Å². The van der Waals surface area contributed by atoms with Crippen LogP contribution in [0.2, 0.25) is 0 Å². The van der Waals surface area contributed by atoms with Crippen LogP contribution >= 0.6 is 0 Å². The molecule has 0 aromatic carbocycles. The lowest BCUT2D eigenvalue weighted by Gasteiger charge is -2.58. The van der Waals surface area contributed by atoms with E-state index in [1.807, 2.05) is 0 Å². The lowest BCUT2D eigenvalue weighted by molar-refractivity contribution is -0.0640. The summed E-state index contributed by atoms with van der Waals surface area (Å²) in [6.07, 6.45) is 28.5. The summed E-state index contributed by atoms with van der Waals surface area (Å²) >= 11 is 0. The Morgan fingerprint density at radius 1 is 0.783 bits per heavy atom. The van der Waals surface area contributed by atoms with Crippen molar-refractivity contribution in [1.29, 1.82) is 0 Å². The number of likely N-dealkylation sites (N-methyl/N-ethyl adjacent to an activating group) is 1. The van der Waals surface area contributed by atoms with Gasteiger partial charge >= 0.3 is 0 Å². The Bertz CT molecular complexity index is 888. The highest BCUT2D eigenvalue weighted by Crippen LogP contribution is 2.67. The summed E-state index contributed by atoms with van der Waals surface area (Å²) in [5.74, 6) is 4.70. The standard InChI is InChI=1S/C42H77NO3/c1-8-10-18-33(3)38-21-22-39-37-20-19-34-30-36(23-25-41(34,4)40(37)24-26-42(38,39)5)46-29-17-15-13-12-14-16-28-45-32-35(43(6)7)31-44-27-11-9-2/h19,33,35-40H,8-18,20-32H2,1-7H3/t33-,35?,36?,37?,38-,39+,40+,41?,42?/m1/s1. The van der Waals surface area contributed by atoms with E-state index in [-0.39, 0.29) is 0 Å². The van der Waals surface area contributed by atoms with Crippen LogP contribution in [0.15, 0.2) is 11.6 Å². The average molecular weight is 644 g/mol. The number of unbranched alkanes of at least 4 members (excludes halogenated alkanes) is 7. The van der Waals surface area contributed by atoms with Gasteiger partial charge in [0.15, 0.2) is 0 Å². The van der Waals surface area contributed by atoms with Gasteiger partial charge < -0.3 is 19.1 Å². The molecule has 268 valence electrons. The molecule has 0 N–H and O–H groups in total. The summed E-state index contributed by atoms with van der Waals surface area (Å²) in [5, 5.41) is 0. The third kappa shape index (κ3) is 9.85. The van der Waals surface area contributed by atoms with Crippen LogP contribution in [0.4, 0.5) is 0 Å². The van der Waals surface area contributed by atoms with E-state index >= 15 is 0 Å². The summed E-state index contributed by atoms with van der Waals surface area (Å²) in [6.45, 7) is 16.8. The monoisotopic (exact) mass is 644 g/mol. The minimum atomic E-state index is 0.355. The zero-order chi connectivity index (χ0) is 33.0. The Labute approximate surface area is 286 Å². The maximum Gasteiger partial charge on any atom is 0.0644 e. The number of ether oxygens (including phenoxy) is 3. The molecule has 4 aliphatic rings. The number of rotatable bonds is 22. The molecule has 0 aromatic heterocycles. The summed E-state index contributed by atoms with van der Waals surface area (Å²) in [5.41, 5.74) is 2.82. The molecule has 0 aliphatic heterocycles. The van der Waals surface area contributed by atoms with Gasteiger partial charge in [0, 0.05) is 19.8 Å². The number of hydrogen-bond acceptors (Lipinski definition) is 4. The van der Waals surface area contributed by atoms with Crippen LogP contribution in [-0.2, 0) is 14.2 Å². The van der Waals surface area contributed by atoms with Crippen molar-refractivity contribution in [2.45, 2.75) is 169 Å². The van der Waals surface area contributed by atoms with Crippen LogP contribution in [0.3, 0.4) is 0 Å². The van der Waals surface area contributed by atoms with E-state index in [1.54, 1.807) is 5.57 Å². The van der Waals surface area contributed by atoms with Crippen molar-refractivity contribution in [3.63, 3.8) is 0 Å². The van der Waals surface area contributed by atoms with Crippen LogP contribution < -0.4 is 0 Å². The van der Waals surface area contributed by atoms with Gasteiger partial charge in [-0.05, 0) is 125 Å². The highest BCUT2D eigenvalue weighted by Gasteiger charge is 2.59. The molecule has 4 aliphatic carbocycles. The van der Waals surface area contributed by atoms with E-state index in [4.69, 9.17) is 14.2 Å². The summed E-state index contributed by atoms with van der Waals surface area (Å²) in [4.78, 5) is 2.23. The van der Waals surface area contributed by atoms with Gasteiger partial charge in [-0.15, -0.1) is 0 Å². The smallest absolute Gasteiger partial charge is 0.0644 e. The van der Waals surface area contributed by atoms with Crippen LogP contribution in [0.25, 0.3) is 0 Å². The first-order valence-electron chi connectivity index (χ1n) is 20.4. The van der Waals surface area contributed by atoms with Crippen LogP contribution in [0.5, 0.6) is 0 Å². The zero-order valence-electron chi connectivity index (χ0n) is 31.8. The van der Waals surface area contributed by atoms with Crippen molar-refractivity contribution in [3.8, 4) is 0 Å². The largest absolute Gasteiger partial charge is 0.380 e. The fourth-order valence-electron chi connectivity index (χ4n) is 10.8. The Balaban J connectivity index is 1.08. The molecule has 0 saturated heterocycles. The van der Waals surface area contributed by atoms with Crippen molar-refractivity contribution in [2.75, 3.05) is 47.1 Å². The Morgan fingerprint density at radius 2 is 1.46 bits per heavy atom. The van der Waals surface area contributed by atoms with Crippen molar-refractivity contribution in [1.82, 2.24) is 4.90 Å².